The molecule has 0 aliphatic rings. The number of nitrogens with zero attached hydrogens (tertiary/aromatic N) is 1. The number of carboxylic acids is 2. The van der Waals surface area contributed by atoms with Crippen LogP contribution in [0.3, 0.4) is 0 Å². The number of aliphatic hydroxyl groups excluding tert-OH is 5. The van der Waals surface area contributed by atoms with Gasteiger partial charge in [0, 0.05) is 19.4 Å². The summed E-state index contributed by atoms with van der Waals surface area (Å²) in [7, 11) is 1.04. The summed E-state index contributed by atoms with van der Waals surface area (Å²) >= 11 is 0. The predicted octanol–water partition coefficient (Wildman–Crippen LogP) is -9.50. The molecule has 0 saturated heterocycles. The van der Waals surface area contributed by atoms with E-state index in [1.807, 2.05) is 5.32 Å². The number of amides is 13. The zero-order valence-corrected chi connectivity index (χ0v) is 54.3. The van der Waals surface area contributed by atoms with Crippen molar-refractivity contribution in [2.24, 2.45) is 28.3 Å². The van der Waals surface area contributed by atoms with Gasteiger partial charge in [0.1, 0.15) is 73.0 Å². The van der Waals surface area contributed by atoms with Crippen LogP contribution in [0.15, 0.2) is 35.3 Å². The number of guanidine groups is 1. The standard InChI is InChI=1S/C57H92N16O23/c1-26(2)19-34(66-55(94)44(30(7)78)73-49(88)35(20-31-13-10-9-11-14-31)65-51(90)38(25-76)68-46(85)32(70-57(95)96-8)15-12-18-60-56(58)59)48(87)63-28(5)45(84)67-36(23-74)52(91)69-37(24-75)50(89)64-33(16-17-40(80)81)47(86)72-43(29(6)77)54(93)61-21-39(79)71-42(27(3)4)53(92)62-22-41(82)83/h9-11,13-14,26-30,32-38,42-44,74-78H,12,15-25H2,1-8H3,(H,61,93)(H,62,92)(H,63,87)(H,64,89)(H,65,90)(H,66,94)(H,67,84)(H,68,85)(H,69,91)(H,70,95)(H,71,79)(H,72,86)(H,73,88)(H,80,81)(H,82,83)(H4,58,59,60)/t28-,29+,30+,32-,33-,34-,35-,36-,37-,38-,42-,43-,44-/m0/s1. The Hall–Kier alpha value is -9.86. The summed E-state index contributed by atoms with van der Waals surface area (Å²) in [6.07, 6.45) is -6.24. The molecule has 0 unspecified atom stereocenters. The number of aliphatic hydroxyl groups is 5. The van der Waals surface area contributed by atoms with Gasteiger partial charge in [0.25, 0.3) is 0 Å². The SMILES string of the molecule is COC(=O)N[C@@H](CCCN=C(N)N)C(=O)N[C@@H](CO)C(=O)N[C@@H](Cc1ccccc1)C(=O)N[C@H](C(=O)N[C@@H](CC(C)C)C(=O)N[C@@H](C)C(=O)N[C@@H](CO)C(=O)N[C@@H](CO)C(=O)N[C@@H](CCC(=O)O)C(=O)N[C@H](C(=O)NCC(=O)N[C@H](C(=O)NCC(=O)O)C(C)C)[C@@H](C)O)[C@@H](C)O. The van der Waals surface area contributed by atoms with E-state index in [9.17, 15) is 103 Å². The Morgan fingerprint density at radius 1 is 0.469 bits per heavy atom. The molecule has 0 spiro atoms. The van der Waals surface area contributed by atoms with Gasteiger partial charge in [0.05, 0.1) is 45.7 Å². The van der Waals surface area contributed by atoms with Gasteiger partial charge < -0.3 is 121 Å². The minimum absolute atomic E-state index is 0.0517. The highest BCUT2D eigenvalue weighted by Crippen LogP contribution is 2.11. The normalized spacial score (nSPS) is 15.0. The van der Waals surface area contributed by atoms with Gasteiger partial charge in [-0.2, -0.15) is 0 Å². The molecule has 1 rings (SSSR count). The number of aliphatic imine (C=N–C) groups is 1. The number of carbonyl (C=O) groups excluding carboxylic acids is 13. The number of rotatable bonds is 43. The Morgan fingerprint density at radius 2 is 0.896 bits per heavy atom. The third kappa shape index (κ3) is 31.4. The first kappa shape index (κ1) is 84.2. The van der Waals surface area contributed by atoms with Crippen LogP contribution in [-0.4, -0.2) is 256 Å². The van der Waals surface area contributed by atoms with E-state index in [-0.39, 0.29) is 44.1 Å². The first-order valence-corrected chi connectivity index (χ1v) is 30.1. The molecule has 538 valence electrons. The van der Waals surface area contributed by atoms with Crippen LogP contribution in [0, 0.1) is 11.8 Å². The van der Waals surface area contributed by atoms with Crippen molar-refractivity contribution in [1.29, 1.82) is 0 Å². The Labute approximate surface area is 551 Å². The molecular formula is C57H92N16O23. The average Bonchev–Trinajstić information content (AvgIpc) is 0.910. The second kappa shape index (κ2) is 43.2. The lowest BCUT2D eigenvalue weighted by Gasteiger charge is -2.28. The van der Waals surface area contributed by atoms with Crippen molar-refractivity contribution in [3.8, 4) is 0 Å². The number of aliphatic carboxylic acids is 2. The van der Waals surface area contributed by atoms with Gasteiger partial charge in [-0.05, 0) is 63.9 Å². The van der Waals surface area contributed by atoms with E-state index >= 15 is 0 Å². The van der Waals surface area contributed by atoms with E-state index < -0.39 is 219 Å². The van der Waals surface area contributed by atoms with Gasteiger partial charge in [-0.25, -0.2) is 4.79 Å². The number of carboxylic acid groups (broad SMARTS) is 2. The average molecular weight is 1370 g/mol. The van der Waals surface area contributed by atoms with Crippen LogP contribution in [0.25, 0.3) is 0 Å². The lowest BCUT2D eigenvalue weighted by Crippen LogP contribution is -2.62. The number of carbonyl (C=O) groups is 15. The maximum Gasteiger partial charge on any atom is 0.407 e. The van der Waals surface area contributed by atoms with Crippen molar-refractivity contribution in [3.63, 3.8) is 0 Å². The van der Waals surface area contributed by atoms with Gasteiger partial charge in [-0.15, -0.1) is 0 Å². The molecule has 0 aliphatic heterocycles. The molecular weight excluding hydrogens is 1280 g/mol. The number of hydrogen-bond acceptors (Lipinski definition) is 22. The van der Waals surface area contributed by atoms with Gasteiger partial charge in [-0.3, -0.25) is 72.1 Å². The quantitative estimate of drug-likeness (QED) is 0.0164. The van der Waals surface area contributed by atoms with Crippen LogP contribution in [-0.2, 0) is 78.3 Å². The molecule has 96 heavy (non-hydrogen) atoms. The Bertz CT molecular complexity index is 2860. The van der Waals surface area contributed by atoms with Gasteiger partial charge in [0.15, 0.2) is 5.96 Å². The molecule has 0 fully saturated rings. The highest BCUT2D eigenvalue weighted by Gasteiger charge is 2.38. The van der Waals surface area contributed by atoms with E-state index in [0.717, 1.165) is 27.9 Å². The summed E-state index contributed by atoms with van der Waals surface area (Å²) in [5.41, 5.74) is 11.2. The van der Waals surface area contributed by atoms with Gasteiger partial charge in [-0.1, -0.05) is 58.0 Å². The molecule has 0 heterocycles. The van der Waals surface area contributed by atoms with Crippen LogP contribution in [0.4, 0.5) is 4.79 Å². The zero-order chi connectivity index (χ0) is 73.1. The van der Waals surface area contributed by atoms with E-state index in [1.165, 1.54) is 13.8 Å². The van der Waals surface area contributed by atoms with E-state index in [0.29, 0.717) is 5.56 Å². The maximum atomic E-state index is 14.1. The molecule has 0 aromatic heterocycles. The second-order valence-electron chi connectivity index (χ2n) is 22.6. The Morgan fingerprint density at radius 3 is 1.36 bits per heavy atom. The zero-order valence-electron chi connectivity index (χ0n) is 54.3. The van der Waals surface area contributed by atoms with E-state index in [1.54, 1.807) is 44.2 Å². The summed E-state index contributed by atoms with van der Waals surface area (Å²) in [5.74, 6) is -17.4. The molecule has 0 saturated carbocycles. The van der Waals surface area contributed by atoms with Gasteiger partial charge in [0.2, 0.25) is 70.9 Å². The minimum atomic E-state index is -2.00. The van der Waals surface area contributed by atoms with Gasteiger partial charge >= 0.3 is 18.0 Å². The summed E-state index contributed by atoms with van der Waals surface area (Å²) in [6.45, 7) is 4.69. The predicted molar refractivity (Wildman–Crippen MR) is 334 cm³/mol. The number of methoxy groups -OCH3 is 1. The third-order valence-corrected chi connectivity index (χ3v) is 13.7. The molecule has 39 nitrogen and oxygen atoms in total. The summed E-state index contributed by atoms with van der Waals surface area (Å²) in [6, 6.07) is -10.5. The Balaban J connectivity index is 3.27. The highest BCUT2D eigenvalue weighted by atomic mass is 16.5. The van der Waals surface area contributed by atoms with Crippen molar-refractivity contribution in [2.75, 3.05) is 46.6 Å². The van der Waals surface area contributed by atoms with Crippen molar-refractivity contribution >= 4 is 94.9 Å². The second-order valence-corrected chi connectivity index (χ2v) is 22.6. The smallest absolute Gasteiger partial charge is 0.407 e. The summed E-state index contributed by atoms with van der Waals surface area (Å²) < 4.78 is 4.59. The van der Waals surface area contributed by atoms with Crippen LogP contribution >= 0.6 is 0 Å². The molecule has 13 atom stereocenters. The summed E-state index contributed by atoms with van der Waals surface area (Å²) in [4.78, 5) is 200. The van der Waals surface area contributed by atoms with E-state index in [2.05, 4.69) is 73.5 Å². The number of hydrogen-bond donors (Lipinski definition) is 22. The topological polar surface area (TPSA) is 628 Å². The van der Waals surface area contributed by atoms with Crippen molar-refractivity contribution in [3.05, 3.63) is 35.9 Å². The van der Waals surface area contributed by atoms with Crippen molar-refractivity contribution in [2.45, 2.75) is 166 Å². The molecule has 0 bridgehead atoms. The number of benzene rings is 1. The van der Waals surface area contributed by atoms with Crippen LogP contribution in [0.2, 0.25) is 0 Å². The van der Waals surface area contributed by atoms with Crippen LogP contribution < -0.4 is 80.6 Å². The fourth-order valence-electron chi connectivity index (χ4n) is 8.51. The number of alkyl carbamates (subject to hydrolysis) is 1. The number of ether oxygens (including phenoxy) is 1. The molecule has 24 N–H and O–H groups in total. The highest BCUT2D eigenvalue weighted by molar-refractivity contribution is 6.00. The third-order valence-electron chi connectivity index (χ3n) is 13.7. The van der Waals surface area contributed by atoms with Crippen molar-refractivity contribution < 1.29 is 112 Å². The molecule has 13 amide bonds. The number of nitrogens with one attached hydrogen (secondary N) is 13. The molecule has 1 aromatic rings. The molecule has 0 aliphatic carbocycles. The fourth-order valence-corrected chi connectivity index (χ4v) is 8.51. The molecule has 0 radical (unpaired) electrons. The minimum Gasteiger partial charge on any atom is -0.481 e. The van der Waals surface area contributed by atoms with Crippen molar-refractivity contribution in [1.82, 2.24) is 69.1 Å². The first-order chi connectivity index (χ1) is 45.0. The van der Waals surface area contributed by atoms with E-state index in [4.69, 9.17) is 16.6 Å². The molecule has 1 aromatic carbocycles. The van der Waals surface area contributed by atoms with Crippen LogP contribution in [0.5, 0.6) is 0 Å². The first-order valence-electron chi connectivity index (χ1n) is 30.1. The number of nitrogens with two attached hydrogens (primary N) is 2. The Kier molecular flexibility index (Phi) is 37.9. The lowest BCUT2D eigenvalue weighted by atomic mass is 10.0. The molecule has 39 heteroatoms. The fraction of sp³-hybridized carbons (Fsp3) is 0.614. The largest absolute Gasteiger partial charge is 0.481 e. The monoisotopic (exact) mass is 1370 g/mol. The lowest BCUT2D eigenvalue weighted by molar-refractivity contribution is -0.139. The summed E-state index contributed by atoms with van der Waals surface area (Å²) in [5, 5.41) is 99.3. The van der Waals surface area contributed by atoms with Crippen LogP contribution in [0.1, 0.15) is 86.1 Å². The maximum absolute atomic E-state index is 14.1.